The lowest BCUT2D eigenvalue weighted by atomic mass is 9.85. The van der Waals surface area contributed by atoms with Gasteiger partial charge >= 0.3 is 5.69 Å². The number of aromatic amines is 1. The molecule has 0 fully saturated rings. The Hall–Kier alpha value is -2.65. The summed E-state index contributed by atoms with van der Waals surface area (Å²) in [5.41, 5.74) is 2.74. The molecule has 0 aliphatic carbocycles. The normalized spacial score (nSPS) is 12.3. The number of ether oxygens (including phenoxy) is 2. The molecule has 174 valence electrons. The number of hydrogen-bond acceptors (Lipinski definition) is 5. The van der Waals surface area contributed by atoms with Gasteiger partial charge in [0.15, 0.2) is 5.82 Å². The predicted octanol–water partition coefficient (Wildman–Crippen LogP) is 4.16. The molecule has 0 aliphatic rings. The van der Waals surface area contributed by atoms with Crippen LogP contribution in [-0.2, 0) is 30.5 Å². The summed E-state index contributed by atoms with van der Waals surface area (Å²) in [4.78, 5) is 15.9. The lowest BCUT2D eigenvalue weighted by Gasteiger charge is -2.24. The first-order valence-corrected chi connectivity index (χ1v) is 14.6. The molecule has 2 aromatic heterocycles. The van der Waals surface area contributed by atoms with Crippen LogP contribution >= 0.6 is 0 Å². The molecular weight excluding hydrogens is 422 g/mol. The van der Waals surface area contributed by atoms with E-state index in [1.54, 1.807) is 7.05 Å². The van der Waals surface area contributed by atoms with E-state index in [1.165, 1.54) is 4.57 Å². The zero-order valence-corrected chi connectivity index (χ0v) is 21.2. The molecule has 32 heavy (non-hydrogen) atoms. The highest BCUT2D eigenvalue weighted by Crippen LogP contribution is 2.35. The summed E-state index contributed by atoms with van der Waals surface area (Å²) in [7, 11) is 0.556. The first-order chi connectivity index (χ1) is 15.0. The molecule has 0 radical (unpaired) electrons. The van der Waals surface area contributed by atoms with Gasteiger partial charge in [-0.25, -0.2) is 14.9 Å². The van der Waals surface area contributed by atoms with Crippen LogP contribution in [0.5, 0.6) is 5.75 Å². The zero-order valence-electron chi connectivity index (χ0n) is 20.2. The topological polar surface area (TPSA) is 87.0 Å². The minimum atomic E-state index is -1.12. The smallest absolute Gasteiger partial charge is 0.343 e. The molecule has 0 amide bonds. The molecule has 1 N–H and O–H groups in total. The molecule has 0 spiro atoms. The predicted molar refractivity (Wildman–Crippen MR) is 129 cm³/mol. The first kappa shape index (κ1) is 24.0. The molecule has 3 aromatic rings. The number of benzene rings is 1. The molecule has 0 saturated heterocycles. The largest absolute Gasteiger partial charge is 0.485 e. The average molecular weight is 458 g/mol. The Bertz CT molecular complexity index is 1100. The fourth-order valence-corrected chi connectivity index (χ4v) is 4.01. The van der Waals surface area contributed by atoms with Crippen molar-refractivity contribution in [1.29, 1.82) is 0 Å². The fourth-order valence-electron chi connectivity index (χ4n) is 3.26. The minimum Gasteiger partial charge on any atom is -0.485 e. The fraction of sp³-hybridized carbons (Fsp3) is 0.522. The summed E-state index contributed by atoms with van der Waals surface area (Å²) in [5.74, 6) is 1.32. The standard InChI is InChI=1S/C23H35N5O3Si/c1-23(2,3)18-12-17(8-9-20(18)31-14-21-25-26-22(29)27(21)4)19-13-24-15-28(19)16-30-10-11-32(5,6)7/h8-9,12-13,15H,10-11,14,16H2,1-7H3,(H,26,29). The summed E-state index contributed by atoms with van der Waals surface area (Å²) < 4.78 is 15.5. The number of nitrogens with zero attached hydrogens (tertiary/aromatic N) is 4. The monoisotopic (exact) mass is 457 g/mol. The van der Waals surface area contributed by atoms with Crippen molar-refractivity contribution in [3.8, 4) is 17.0 Å². The van der Waals surface area contributed by atoms with E-state index in [-0.39, 0.29) is 17.7 Å². The Balaban J connectivity index is 1.80. The third kappa shape index (κ3) is 5.98. The molecular formula is C23H35N5O3Si. The van der Waals surface area contributed by atoms with E-state index in [2.05, 4.69) is 61.7 Å². The molecule has 9 heteroatoms. The third-order valence-electron chi connectivity index (χ3n) is 5.35. The Morgan fingerprint density at radius 2 is 1.94 bits per heavy atom. The number of hydrogen-bond donors (Lipinski definition) is 1. The SMILES string of the molecule is Cn1c(COc2ccc(-c3cncn3COCC[Si](C)(C)C)cc2C(C)(C)C)n[nH]c1=O. The van der Waals surface area contributed by atoms with Crippen LogP contribution in [0, 0.1) is 0 Å². The van der Waals surface area contributed by atoms with E-state index < -0.39 is 8.07 Å². The van der Waals surface area contributed by atoms with Crippen molar-refractivity contribution in [3.05, 3.63) is 52.6 Å². The van der Waals surface area contributed by atoms with Crippen molar-refractivity contribution in [3.63, 3.8) is 0 Å². The van der Waals surface area contributed by atoms with Gasteiger partial charge in [-0.05, 0) is 29.7 Å². The molecule has 3 rings (SSSR count). The van der Waals surface area contributed by atoms with Crippen molar-refractivity contribution >= 4 is 8.07 Å². The van der Waals surface area contributed by atoms with Gasteiger partial charge in [0.05, 0.1) is 18.2 Å². The van der Waals surface area contributed by atoms with Crippen LogP contribution in [-0.4, -0.2) is 39.0 Å². The van der Waals surface area contributed by atoms with Gasteiger partial charge in [-0.1, -0.05) is 40.4 Å². The molecule has 0 atom stereocenters. The maximum Gasteiger partial charge on any atom is 0.343 e. The molecule has 8 nitrogen and oxygen atoms in total. The highest BCUT2D eigenvalue weighted by Gasteiger charge is 2.21. The van der Waals surface area contributed by atoms with E-state index in [1.807, 2.05) is 29.2 Å². The molecule has 1 aromatic carbocycles. The van der Waals surface area contributed by atoms with Crippen LogP contribution in [0.25, 0.3) is 11.3 Å². The minimum absolute atomic E-state index is 0.137. The first-order valence-electron chi connectivity index (χ1n) is 10.9. The molecule has 0 unspecified atom stereocenters. The van der Waals surface area contributed by atoms with Crippen LogP contribution in [0.2, 0.25) is 25.7 Å². The van der Waals surface area contributed by atoms with Crippen molar-refractivity contribution < 1.29 is 9.47 Å². The maximum absolute atomic E-state index is 11.6. The number of H-pyrrole nitrogens is 1. The molecule has 0 saturated carbocycles. The summed E-state index contributed by atoms with van der Waals surface area (Å²) in [6.07, 6.45) is 3.67. The lowest BCUT2D eigenvalue weighted by molar-refractivity contribution is 0.0882. The number of aromatic nitrogens is 5. The second-order valence-electron chi connectivity index (χ2n) is 10.4. The van der Waals surface area contributed by atoms with Gasteiger partial charge in [-0.2, -0.15) is 5.10 Å². The summed E-state index contributed by atoms with van der Waals surface area (Å²) in [6, 6.07) is 7.29. The average Bonchev–Trinajstić information content (AvgIpc) is 3.29. The van der Waals surface area contributed by atoms with Gasteiger partial charge in [0.1, 0.15) is 19.1 Å². The van der Waals surface area contributed by atoms with E-state index in [4.69, 9.17) is 9.47 Å². The summed E-state index contributed by atoms with van der Waals surface area (Å²) >= 11 is 0. The third-order valence-corrected chi connectivity index (χ3v) is 7.06. The van der Waals surface area contributed by atoms with Crippen LogP contribution in [0.4, 0.5) is 0 Å². The van der Waals surface area contributed by atoms with Crippen LogP contribution in [0.15, 0.2) is 35.5 Å². The Morgan fingerprint density at radius 1 is 1.19 bits per heavy atom. The molecule has 0 bridgehead atoms. The zero-order chi connectivity index (χ0) is 23.5. The highest BCUT2D eigenvalue weighted by molar-refractivity contribution is 6.76. The number of rotatable bonds is 9. The van der Waals surface area contributed by atoms with Gasteiger partial charge < -0.3 is 14.0 Å². The van der Waals surface area contributed by atoms with Crippen molar-refractivity contribution in [2.45, 2.75) is 65.2 Å². The van der Waals surface area contributed by atoms with Gasteiger partial charge in [0.2, 0.25) is 0 Å². The number of nitrogens with one attached hydrogen (secondary N) is 1. The van der Waals surface area contributed by atoms with E-state index in [9.17, 15) is 4.79 Å². The second-order valence-corrected chi connectivity index (χ2v) is 16.0. The summed E-state index contributed by atoms with van der Waals surface area (Å²) in [6.45, 7) is 15.0. The Morgan fingerprint density at radius 3 is 2.56 bits per heavy atom. The molecule has 2 heterocycles. The highest BCUT2D eigenvalue weighted by atomic mass is 28.3. The maximum atomic E-state index is 11.6. The Labute approximate surface area is 190 Å². The quantitative estimate of drug-likeness (QED) is 0.385. The molecule has 0 aliphatic heterocycles. The van der Waals surface area contributed by atoms with Crippen LogP contribution < -0.4 is 10.4 Å². The van der Waals surface area contributed by atoms with E-state index in [0.717, 1.165) is 35.2 Å². The number of imidazole rings is 1. The van der Waals surface area contributed by atoms with E-state index in [0.29, 0.717) is 12.6 Å². The van der Waals surface area contributed by atoms with Gasteiger partial charge in [-0.3, -0.25) is 4.57 Å². The van der Waals surface area contributed by atoms with Crippen LogP contribution in [0.3, 0.4) is 0 Å². The van der Waals surface area contributed by atoms with Gasteiger partial charge in [-0.15, -0.1) is 0 Å². The Kier molecular flexibility index (Phi) is 7.09. The lowest BCUT2D eigenvalue weighted by Crippen LogP contribution is -2.22. The van der Waals surface area contributed by atoms with Crippen molar-refractivity contribution in [2.24, 2.45) is 7.05 Å². The van der Waals surface area contributed by atoms with Gasteiger partial charge in [0.25, 0.3) is 0 Å². The van der Waals surface area contributed by atoms with E-state index >= 15 is 0 Å². The van der Waals surface area contributed by atoms with Gasteiger partial charge in [0, 0.05) is 32.9 Å². The van der Waals surface area contributed by atoms with Crippen molar-refractivity contribution in [2.75, 3.05) is 6.61 Å². The summed E-state index contributed by atoms with van der Waals surface area (Å²) in [5, 5.41) is 6.46. The van der Waals surface area contributed by atoms with Crippen molar-refractivity contribution in [1.82, 2.24) is 24.3 Å². The van der Waals surface area contributed by atoms with Crippen LogP contribution in [0.1, 0.15) is 32.2 Å². The second kappa shape index (κ2) is 9.46.